The molecular weight excluding hydrogens is 451 g/mol. The minimum atomic E-state index is -1.68. The molecular formula is C25H25FN6O3. The van der Waals surface area contributed by atoms with Gasteiger partial charge in [-0.25, -0.2) is 9.37 Å². The van der Waals surface area contributed by atoms with Crippen LogP contribution in [-0.4, -0.2) is 38.3 Å². The highest BCUT2D eigenvalue weighted by atomic mass is 19.1. The highest BCUT2D eigenvalue weighted by Crippen LogP contribution is 2.34. The van der Waals surface area contributed by atoms with Gasteiger partial charge in [0.2, 0.25) is 11.8 Å². The van der Waals surface area contributed by atoms with Crippen LogP contribution in [0.25, 0.3) is 21.9 Å². The lowest BCUT2D eigenvalue weighted by Crippen LogP contribution is -2.27. The number of nitriles is 1. The van der Waals surface area contributed by atoms with Crippen LogP contribution in [0.4, 0.5) is 10.3 Å². The number of fused-ring (bicyclic) bond motifs is 3. The molecule has 9 nitrogen and oxygen atoms in total. The molecule has 0 saturated carbocycles. The highest BCUT2D eigenvalue weighted by Gasteiger charge is 2.28. The fraction of sp³-hybridized carbons (Fsp3) is 0.400. The maximum absolute atomic E-state index is 14.1. The number of aromatic nitrogens is 4. The Balaban J connectivity index is 1.56. The summed E-state index contributed by atoms with van der Waals surface area (Å²) in [5.41, 5.74) is 1.18. The number of carbonyl (C=O) groups excluding carboxylic acids is 1. The van der Waals surface area contributed by atoms with Gasteiger partial charge in [-0.1, -0.05) is 5.16 Å². The summed E-state index contributed by atoms with van der Waals surface area (Å²) in [5.74, 6) is 0.277. The molecule has 1 aliphatic rings. The number of imidazole rings is 1. The normalized spacial score (nSPS) is 18.6. The topological polar surface area (TPSA) is 119 Å². The molecule has 1 fully saturated rings. The molecule has 1 aliphatic heterocycles. The van der Waals surface area contributed by atoms with Crippen LogP contribution in [0.5, 0.6) is 0 Å². The molecule has 0 aliphatic carbocycles. The number of benzene rings is 1. The number of pyridine rings is 1. The van der Waals surface area contributed by atoms with Gasteiger partial charge in [0.15, 0.2) is 5.67 Å². The summed E-state index contributed by atoms with van der Waals surface area (Å²) >= 11 is 0. The lowest BCUT2D eigenvalue weighted by molar-refractivity contribution is -0.115. The van der Waals surface area contributed by atoms with Gasteiger partial charge in [-0.15, -0.1) is 0 Å². The zero-order valence-corrected chi connectivity index (χ0v) is 19.7. The monoisotopic (exact) mass is 476 g/mol. The van der Waals surface area contributed by atoms with Crippen LogP contribution in [0.15, 0.2) is 35.0 Å². The van der Waals surface area contributed by atoms with Crippen molar-refractivity contribution in [1.82, 2.24) is 19.7 Å². The zero-order chi connectivity index (χ0) is 24.7. The first-order valence-corrected chi connectivity index (χ1v) is 11.5. The van der Waals surface area contributed by atoms with E-state index in [2.05, 4.69) is 26.1 Å². The van der Waals surface area contributed by atoms with Gasteiger partial charge < -0.3 is 13.8 Å². The first-order valence-electron chi connectivity index (χ1n) is 11.5. The molecule has 180 valence electrons. The van der Waals surface area contributed by atoms with Gasteiger partial charge in [0, 0.05) is 24.1 Å². The lowest BCUT2D eigenvalue weighted by atomic mass is 10.0. The minimum Gasteiger partial charge on any atom is -0.378 e. The van der Waals surface area contributed by atoms with E-state index in [1.54, 1.807) is 12.3 Å². The van der Waals surface area contributed by atoms with Gasteiger partial charge in [-0.3, -0.25) is 15.1 Å². The van der Waals surface area contributed by atoms with E-state index in [-0.39, 0.29) is 36.1 Å². The second-order valence-corrected chi connectivity index (χ2v) is 9.37. The summed E-state index contributed by atoms with van der Waals surface area (Å²) in [6, 6.07) is 8.98. The number of anilines is 1. The van der Waals surface area contributed by atoms with E-state index in [4.69, 9.17) is 14.2 Å². The molecule has 2 atom stereocenters. The van der Waals surface area contributed by atoms with E-state index in [0.29, 0.717) is 23.5 Å². The molecule has 0 spiro atoms. The van der Waals surface area contributed by atoms with Gasteiger partial charge >= 0.3 is 0 Å². The molecule has 1 N–H and O–H groups in total. The standard InChI is InChI=1S/C25H25FN6O3/c1-14-8-16(6-7-34-14)32-21(11-22(33)30-23-10-20(31-35-23)25(2,3)26)29-19-13-28-18-5-4-15(12-27)9-17(18)24(19)32/h4-5,9-10,13-14,16H,6-8,11H2,1-3H3,(H,30,33)/t14-,16-/m1/s1. The molecule has 35 heavy (non-hydrogen) atoms. The van der Waals surface area contributed by atoms with Gasteiger partial charge in [-0.05, 0) is 51.8 Å². The van der Waals surface area contributed by atoms with Gasteiger partial charge in [0.05, 0.1) is 41.4 Å². The number of hydrogen-bond acceptors (Lipinski definition) is 7. The Bertz CT molecular complexity index is 1460. The van der Waals surface area contributed by atoms with Crippen LogP contribution in [0.1, 0.15) is 56.7 Å². The van der Waals surface area contributed by atoms with Crippen LogP contribution in [0.3, 0.4) is 0 Å². The average molecular weight is 477 g/mol. The third-order valence-corrected chi connectivity index (χ3v) is 6.24. The van der Waals surface area contributed by atoms with E-state index < -0.39 is 5.67 Å². The Hall–Kier alpha value is -3.84. The van der Waals surface area contributed by atoms with Crippen molar-refractivity contribution in [3.05, 3.63) is 47.5 Å². The molecule has 1 aromatic carbocycles. The van der Waals surface area contributed by atoms with Crippen molar-refractivity contribution in [1.29, 1.82) is 5.26 Å². The molecule has 1 saturated heterocycles. The van der Waals surface area contributed by atoms with Crippen molar-refractivity contribution < 1.29 is 18.4 Å². The molecule has 5 rings (SSSR count). The summed E-state index contributed by atoms with van der Waals surface area (Å²) < 4.78 is 27.1. The Morgan fingerprint density at radius 1 is 1.34 bits per heavy atom. The van der Waals surface area contributed by atoms with Crippen molar-refractivity contribution in [3.8, 4) is 6.07 Å². The van der Waals surface area contributed by atoms with Crippen molar-refractivity contribution in [3.63, 3.8) is 0 Å². The summed E-state index contributed by atoms with van der Waals surface area (Å²) in [7, 11) is 0. The number of alkyl halides is 1. The Morgan fingerprint density at radius 3 is 2.89 bits per heavy atom. The highest BCUT2D eigenvalue weighted by molar-refractivity contribution is 6.03. The van der Waals surface area contributed by atoms with Crippen molar-refractivity contribution in [2.45, 2.75) is 57.8 Å². The molecule has 0 unspecified atom stereocenters. The molecule has 10 heteroatoms. The maximum Gasteiger partial charge on any atom is 0.234 e. The number of ether oxygens (including phenoxy) is 1. The van der Waals surface area contributed by atoms with Gasteiger partial charge in [-0.2, -0.15) is 5.26 Å². The van der Waals surface area contributed by atoms with Crippen molar-refractivity contribution in [2.75, 3.05) is 11.9 Å². The van der Waals surface area contributed by atoms with Crippen LogP contribution in [0, 0.1) is 11.3 Å². The Kier molecular flexibility index (Phi) is 5.73. The van der Waals surface area contributed by atoms with Crippen LogP contribution < -0.4 is 5.32 Å². The summed E-state index contributed by atoms with van der Waals surface area (Å²) in [6.45, 7) is 5.36. The first kappa shape index (κ1) is 22.9. The van der Waals surface area contributed by atoms with Crippen molar-refractivity contribution >= 4 is 33.7 Å². The molecule has 0 bridgehead atoms. The molecule has 1 amide bonds. The van der Waals surface area contributed by atoms with E-state index in [0.717, 1.165) is 29.3 Å². The number of amides is 1. The van der Waals surface area contributed by atoms with E-state index in [1.807, 2.05) is 19.1 Å². The quantitative estimate of drug-likeness (QED) is 0.448. The lowest BCUT2D eigenvalue weighted by Gasteiger charge is -2.30. The summed E-state index contributed by atoms with van der Waals surface area (Å²) in [5, 5.41) is 16.6. The molecule has 0 radical (unpaired) electrons. The maximum atomic E-state index is 14.1. The molecule has 3 aromatic heterocycles. The number of carbonyl (C=O) groups is 1. The van der Waals surface area contributed by atoms with Crippen molar-refractivity contribution in [2.24, 2.45) is 0 Å². The molecule has 4 aromatic rings. The predicted octanol–water partition coefficient (Wildman–Crippen LogP) is 4.57. The number of nitrogens with zero attached hydrogens (tertiary/aromatic N) is 5. The fourth-order valence-electron chi connectivity index (χ4n) is 4.56. The van der Waals surface area contributed by atoms with Gasteiger partial charge in [0.1, 0.15) is 17.0 Å². The predicted molar refractivity (Wildman–Crippen MR) is 126 cm³/mol. The Morgan fingerprint density at radius 2 is 2.17 bits per heavy atom. The van der Waals surface area contributed by atoms with E-state index in [1.165, 1.54) is 19.9 Å². The smallest absolute Gasteiger partial charge is 0.234 e. The number of halogens is 1. The number of hydrogen-bond donors (Lipinski definition) is 1. The van der Waals surface area contributed by atoms with E-state index >= 15 is 0 Å². The second-order valence-electron chi connectivity index (χ2n) is 9.37. The second kappa shape index (κ2) is 8.74. The molecule has 4 heterocycles. The first-order chi connectivity index (χ1) is 16.7. The van der Waals surface area contributed by atoms with Crippen LogP contribution in [-0.2, 0) is 21.6 Å². The van der Waals surface area contributed by atoms with Crippen LogP contribution in [0.2, 0.25) is 0 Å². The third-order valence-electron chi connectivity index (χ3n) is 6.24. The van der Waals surface area contributed by atoms with Gasteiger partial charge in [0.25, 0.3) is 0 Å². The number of nitrogens with one attached hydrogen (secondary N) is 1. The summed E-state index contributed by atoms with van der Waals surface area (Å²) in [4.78, 5) is 22.2. The largest absolute Gasteiger partial charge is 0.378 e. The fourth-order valence-corrected chi connectivity index (χ4v) is 4.56. The van der Waals surface area contributed by atoms with Crippen LogP contribution >= 0.6 is 0 Å². The number of rotatable bonds is 5. The minimum absolute atomic E-state index is 0.0328. The Labute approximate surface area is 200 Å². The third kappa shape index (κ3) is 4.47. The summed E-state index contributed by atoms with van der Waals surface area (Å²) in [6.07, 6.45) is 3.25. The van der Waals surface area contributed by atoms with E-state index in [9.17, 15) is 14.4 Å². The SMILES string of the molecule is C[C@@H]1C[C@H](n2c(CC(=O)Nc3cc(C(C)(C)F)no3)nc3cnc4ccc(C#N)cc4c32)CCO1. The average Bonchev–Trinajstić information content (AvgIpc) is 3.43. The zero-order valence-electron chi connectivity index (χ0n) is 19.7.